The van der Waals surface area contributed by atoms with Gasteiger partial charge in [-0.1, -0.05) is 113 Å². The van der Waals surface area contributed by atoms with Crippen molar-refractivity contribution >= 4 is 46.6 Å². The molecule has 0 bridgehead atoms. The Morgan fingerprint density at radius 2 is 1.57 bits per heavy atom. The molecule has 220 valence electrons. The number of hydrogen-bond donors (Lipinski definition) is 0. The summed E-state index contributed by atoms with van der Waals surface area (Å²) in [5.74, 6) is 0.121. The molecule has 1 unspecified atom stereocenters. The van der Waals surface area contributed by atoms with Crippen molar-refractivity contribution in [3.63, 3.8) is 0 Å². The Morgan fingerprint density at radius 3 is 2.23 bits per heavy atom. The van der Waals surface area contributed by atoms with Crippen molar-refractivity contribution < 1.29 is 14.3 Å². The summed E-state index contributed by atoms with van der Waals surface area (Å²) in [6, 6.07) is 31.1. The fourth-order valence-electron chi connectivity index (χ4n) is 4.95. The maximum Gasteiger partial charge on any atom is 0.338 e. The van der Waals surface area contributed by atoms with E-state index >= 15 is 0 Å². The number of hydrogen-bond acceptors (Lipinski definition) is 6. The van der Waals surface area contributed by atoms with Gasteiger partial charge in [-0.3, -0.25) is 9.36 Å². The third-order valence-electron chi connectivity index (χ3n) is 7.15. The number of ether oxygens (including phenoxy) is 2. The minimum absolute atomic E-state index is 0.0922. The van der Waals surface area contributed by atoms with Gasteiger partial charge >= 0.3 is 5.97 Å². The number of esters is 1. The van der Waals surface area contributed by atoms with Crippen LogP contribution in [-0.4, -0.2) is 10.5 Å². The number of carbonyl (C=O) groups excluding carboxylic acids is 1. The standard InChI is InChI=1S/C35H26Cl2N2O4S/c1-22-31(34(41)43-21-24-10-6-3-7-11-24)32(25-13-16-28(17-14-25)42-20-23-8-4-2-5-9-23)39-33(40)30(44-35(39)38-22)18-26-12-15-27(36)19-29(26)37/h2-19,32H,20-21H2,1H3/b30-18-. The Bertz CT molecular complexity index is 2040. The molecule has 0 saturated heterocycles. The zero-order valence-electron chi connectivity index (χ0n) is 23.6. The smallest absolute Gasteiger partial charge is 0.338 e. The Labute approximate surface area is 267 Å². The van der Waals surface area contributed by atoms with Crippen LogP contribution in [0, 0.1) is 0 Å². The van der Waals surface area contributed by atoms with E-state index in [1.54, 1.807) is 35.8 Å². The molecule has 0 aliphatic carbocycles. The Balaban J connectivity index is 1.39. The second-order valence-corrected chi connectivity index (χ2v) is 12.0. The lowest BCUT2D eigenvalue weighted by molar-refractivity contribution is -0.140. The topological polar surface area (TPSA) is 69.9 Å². The number of fused-ring (bicyclic) bond motifs is 1. The van der Waals surface area contributed by atoms with Crippen LogP contribution in [0.1, 0.15) is 35.2 Å². The molecule has 0 N–H and O–H groups in total. The third-order valence-corrected chi connectivity index (χ3v) is 8.69. The van der Waals surface area contributed by atoms with Crippen LogP contribution >= 0.6 is 34.5 Å². The van der Waals surface area contributed by atoms with Crippen LogP contribution in [0.2, 0.25) is 10.0 Å². The van der Waals surface area contributed by atoms with Crippen molar-refractivity contribution in [3.05, 3.63) is 166 Å². The lowest BCUT2D eigenvalue weighted by Gasteiger charge is -2.25. The van der Waals surface area contributed by atoms with Crippen molar-refractivity contribution in [2.24, 2.45) is 4.99 Å². The Morgan fingerprint density at radius 1 is 0.909 bits per heavy atom. The van der Waals surface area contributed by atoms with Crippen molar-refractivity contribution in [2.45, 2.75) is 26.2 Å². The quantitative estimate of drug-likeness (QED) is 0.174. The summed E-state index contributed by atoms with van der Waals surface area (Å²) in [4.78, 5) is 32.8. The molecule has 0 fully saturated rings. The molecule has 0 spiro atoms. The summed E-state index contributed by atoms with van der Waals surface area (Å²) in [5, 5.41) is 0.923. The summed E-state index contributed by atoms with van der Waals surface area (Å²) in [5.41, 5.74) is 3.75. The highest BCUT2D eigenvalue weighted by Crippen LogP contribution is 2.32. The molecule has 0 saturated carbocycles. The molecule has 1 atom stereocenters. The van der Waals surface area contributed by atoms with Gasteiger partial charge in [-0.05, 0) is 59.5 Å². The zero-order valence-corrected chi connectivity index (χ0v) is 25.9. The first kappa shape index (κ1) is 29.6. The van der Waals surface area contributed by atoms with E-state index in [0.29, 0.717) is 48.6 Å². The summed E-state index contributed by atoms with van der Waals surface area (Å²) >= 11 is 13.7. The average molecular weight is 642 g/mol. The predicted octanol–water partition coefficient (Wildman–Crippen LogP) is 6.86. The molecule has 44 heavy (non-hydrogen) atoms. The maximum absolute atomic E-state index is 14.0. The van der Waals surface area contributed by atoms with Crippen molar-refractivity contribution in [1.29, 1.82) is 0 Å². The fourth-order valence-corrected chi connectivity index (χ4v) is 6.45. The van der Waals surface area contributed by atoms with E-state index in [0.717, 1.165) is 16.7 Å². The lowest BCUT2D eigenvalue weighted by atomic mass is 9.96. The minimum Gasteiger partial charge on any atom is -0.489 e. The number of benzene rings is 4. The van der Waals surface area contributed by atoms with Crippen molar-refractivity contribution in [3.8, 4) is 5.75 Å². The number of rotatable bonds is 8. The molecular weight excluding hydrogens is 615 g/mol. The van der Waals surface area contributed by atoms with Gasteiger partial charge in [-0.2, -0.15) is 0 Å². The first-order chi connectivity index (χ1) is 21.4. The van der Waals surface area contributed by atoms with Crippen molar-refractivity contribution in [1.82, 2.24) is 4.57 Å². The van der Waals surface area contributed by atoms with Gasteiger partial charge in [0.15, 0.2) is 4.80 Å². The van der Waals surface area contributed by atoms with Crippen LogP contribution in [0.25, 0.3) is 6.08 Å². The molecule has 1 aliphatic rings. The van der Waals surface area contributed by atoms with E-state index in [9.17, 15) is 9.59 Å². The van der Waals surface area contributed by atoms with Crippen molar-refractivity contribution in [2.75, 3.05) is 0 Å². The molecule has 9 heteroatoms. The van der Waals surface area contributed by atoms with Crippen LogP contribution in [0.4, 0.5) is 0 Å². The first-order valence-corrected chi connectivity index (χ1v) is 15.4. The molecule has 1 aromatic heterocycles. The van der Waals surface area contributed by atoms with E-state index in [-0.39, 0.29) is 12.2 Å². The summed E-state index contributed by atoms with van der Waals surface area (Å²) < 4.78 is 13.7. The Kier molecular flexibility index (Phi) is 8.79. The summed E-state index contributed by atoms with van der Waals surface area (Å²) in [6.45, 7) is 2.27. The molecule has 6 nitrogen and oxygen atoms in total. The van der Waals surface area contributed by atoms with E-state index in [1.807, 2.05) is 84.9 Å². The van der Waals surface area contributed by atoms with Gasteiger partial charge in [0.1, 0.15) is 19.0 Å². The van der Waals surface area contributed by atoms with Gasteiger partial charge in [0, 0.05) is 10.0 Å². The molecule has 0 amide bonds. The predicted molar refractivity (Wildman–Crippen MR) is 174 cm³/mol. The average Bonchev–Trinajstić information content (AvgIpc) is 3.34. The van der Waals surface area contributed by atoms with Crippen LogP contribution in [-0.2, 0) is 22.7 Å². The van der Waals surface area contributed by atoms with Gasteiger partial charge in [-0.15, -0.1) is 0 Å². The lowest BCUT2D eigenvalue weighted by Crippen LogP contribution is -2.39. The van der Waals surface area contributed by atoms with Gasteiger partial charge in [0.25, 0.3) is 5.56 Å². The molecule has 0 radical (unpaired) electrons. The number of nitrogens with zero attached hydrogens (tertiary/aromatic N) is 2. The highest BCUT2D eigenvalue weighted by molar-refractivity contribution is 7.07. The van der Waals surface area contributed by atoms with Crippen LogP contribution in [0.15, 0.2) is 124 Å². The van der Waals surface area contributed by atoms with E-state index in [1.165, 1.54) is 11.3 Å². The van der Waals surface area contributed by atoms with E-state index in [2.05, 4.69) is 4.99 Å². The van der Waals surface area contributed by atoms with E-state index in [4.69, 9.17) is 32.7 Å². The summed E-state index contributed by atoms with van der Waals surface area (Å²) in [7, 11) is 0. The highest BCUT2D eigenvalue weighted by atomic mass is 35.5. The van der Waals surface area contributed by atoms with Gasteiger partial charge < -0.3 is 9.47 Å². The normalized spacial score (nSPS) is 14.6. The molecule has 5 aromatic rings. The largest absolute Gasteiger partial charge is 0.489 e. The number of allylic oxidation sites excluding steroid dienone is 1. The monoisotopic (exact) mass is 640 g/mol. The van der Waals surface area contributed by atoms with Gasteiger partial charge in [0.2, 0.25) is 0 Å². The molecule has 6 rings (SSSR count). The second-order valence-electron chi connectivity index (χ2n) is 10.2. The van der Waals surface area contributed by atoms with Crippen LogP contribution < -0.4 is 19.6 Å². The van der Waals surface area contributed by atoms with Gasteiger partial charge in [-0.25, -0.2) is 9.79 Å². The molecular formula is C35H26Cl2N2O4S. The number of halogens is 2. The first-order valence-electron chi connectivity index (χ1n) is 13.8. The van der Waals surface area contributed by atoms with Crippen LogP contribution in [0.3, 0.4) is 0 Å². The molecule has 1 aliphatic heterocycles. The number of thiazole rings is 1. The fraction of sp³-hybridized carbons (Fsp3) is 0.114. The second kappa shape index (κ2) is 13.1. The highest BCUT2D eigenvalue weighted by Gasteiger charge is 2.33. The molecule has 2 heterocycles. The van der Waals surface area contributed by atoms with E-state index < -0.39 is 12.0 Å². The van der Waals surface area contributed by atoms with Crippen LogP contribution in [0.5, 0.6) is 5.75 Å². The maximum atomic E-state index is 14.0. The number of carbonyl (C=O) groups is 1. The third kappa shape index (κ3) is 6.40. The number of aromatic nitrogens is 1. The van der Waals surface area contributed by atoms with Gasteiger partial charge in [0.05, 0.1) is 21.8 Å². The zero-order chi connectivity index (χ0) is 30.6. The minimum atomic E-state index is -0.763. The summed E-state index contributed by atoms with van der Waals surface area (Å²) in [6.07, 6.45) is 1.72. The Hall–Kier alpha value is -4.43. The molecule has 4 aromatic carbocycles. The SMILES string of the molecule is CC1=C(C(=O)OCc2ccccc2)C(c2ccc(OCc3ccccc3)cc2)n2c(s/c(=C\c3ccc(Cl)cc3Cl)c2=O)=N1.